The van der Waals surface area contributed by atoms with E-state index in [-0.39, 0.29) is 27.9 Å². The molecular weight excluding hydrogens is 525 g/mol. The molecule has 4 rings (SSSR count). The number of aromatic nitrogens is 2. The summed E-state index contributed by atoms with van der Waals surface area (Å²) in [6, 6.07) is 20.1. The Morgan fingerprint density at radius 3 is 2.25 bits per heavy atom. The molecule has 0 bridgehead atoms. The molecule has 0 radical (unpaired) electrons. The van der Waals surface area contributed by atoms with Crippen LogP contribution in [0.3, 0.4) is 0 Å². The van der Waals surface area contributed by atoms with E-state index in [2.05, 4.69) is 4.72 Å². The van der Waals surface area contributed by atoms with Crippen LogP contribution in [0.1, 0.15) is 21.6 Å². The van der Waals surface area contributed by atoms with E-state index in [0.29, 0.717) is 11.4 Å². The summed E-state index contributed by atoms with van der Waals surface area (Å²) in [7, 11) is -2.79. The molecule has 1 heterocycles. The monoisotopic (exact) mass is 545 g/mol. The van der Waals surface area contributed by atoms with Gasteiger partial charge in [-0.15, -0.1) is 0 Å². The summed E-state index contributed by atoms with van der Waals surface area (Å²) < 4.78 is 37.1. The number of sulfonamides is 1. The fourth-order valence-corrected chi connectivity index (χ4v) is 5.49. The second kappa shape index (κ2) is 10.2. The standard InChI is InChI=1S/C25H21Cl2N3O5S/c1-16-23(24(31)30(29(16)2)19-11-7-4-8-12-19)28-36(33,34)21-14-18(13-20(26)22(21)27)25(32)35-15-17-9-5-3-6-10-17/h3-14,28H,15H2,1-2H3. The Morgan fingerprint density at radius 1 is 1.00 bits per heavy atom. The lowest BCUT2D eigenvalue weighted by Gasteiger charge is -2.12. The molecule has 0 fully saturated rings. The van der Waals surface area contributed by atoms with Gasteiger partial charge in [-0.3, -0.25) is 14.2 Å². The van der Waals surface area contributed by atoms with Gasteiger partial charge in [-0.2, -0.15) is 0 Å². The highest BCUT2D eigenvalue weighted by molar-refractivity contribution is 7.92. The average Bonchev–Trinajstić information content (AvgIpc) is 3.07. The highest BCUT2D eigenvalue weighted by Crippen LogP contribution is 2.32. The highest BCUT2D eigenvalue weighted by atomic mass is 35.5. The number of benzene rings is 3. The van der Waals surface area contributed by atoms with Gasteiger partial charge in [0.05, 0.1) is 27.0 Å². The molecule has 1 N–H and O–H groups in total. The number of hydrogen-bond donors (Lipinski definition) is 1. The topological polar surface area (TPSA) is 99.4 Å². The fourth-order valence-electron chi connectivity index (χ4n) is 3.56. The third-order valence-electron chi connectivity index (χ3n) is 5.52. The van der Waals surface area contributed by atoms with Gasteiger partial charge in [0.1, 0.15) is 17.2 Å². The predicted octanol–water partition coefficient (Wildman–Crippen LogP) is 4.95. The summed E-state index contributed by atoms with van der Waals surface area (Å²) in [5.74, 6) is -0.781. The quantitative estimate of drug-likeness (QED) is 0.331. The Bertz CT molecular complexity index is 1600. The minimum absolute atomic E-state index is 0.0114. The zero-order chi connectivity index (χ0) is 26.0. The maximum atomic E-state index is 13.3. The minimum atomic E-state index is -4.42. The zero-order valence-corrected chi connectivity index (χ0v) is 21.6. The Hall–Kier alpha value is -3.53. The zero-order valence-electron chi connectivity index (χ0n) is 19.2. The maximum absolute atomic E-state index is 13.3. The van der Waals surface area contributed by atoms with Crippen LogP contribution in [0.25, 0.3) is 5.69 Å². The van der Waals surface area contributed by atoms with Crippen molar-refractivity contribution in [1.82, 2.24) is 9.36 Å². The SMILES string of the molecule is Cc1c(NS(=O)(=O)c2cc(C(=O)OCc3ccccc3)cc(Cl)c2Cl)c(=O)n(-c2ccccc2)n1C. The number of nitrogens with one attached hydrogen (secondary N) is 1. The Kier molecular flexibility index (Phi) is 7.26. The second-order valence-electron chi connectivity index (χ2n) is 7.87. The molecule has 0 spiro atoms. The number of ether oxygens (including phenoxy) is 1. The molecule has 4 aromatic rings. The van der Waals surface area contributed by atoms with Crippen molar-refractivity contribution in [3.63, 3.8) is 0 Å². The van der Waals surface area contributed by atoms with E-state index in [1.807, 2.05) is 6.07 Å². The number of halogens is 2. The summed E-state index contributed by atoms with van der Waals surface area (Å²) in [5, 5.41) is -0.446. The molecule has 0 unspecified atom stereocenters. The van der Waals surface area contributed by atoms with Crippen LogP contribution in [0.4, 0.5) is 5.69 Å². The first-order chi connectivity index (χ1) is 17.1. The van der Waals surface area contributed by atoms with Crippen molar-refractivity contribution in [3.05, 3.63) is 110 Å². The van der Waals surface area contributed by atoms with Crippen molar-refractivity contribution >= 4 is 44.9 Å². The summed E-state index contributed by atoms with van der Waals surface area (Å²) >= 11 is 12.4. The molecule has 1 aromatic heterocycles. The van der Waals surface area contributed by atoms with Crippen molar-refractivity contribution in [2.45, 2.75) is 18.4 Å². The molecule has 0 aliphatic carbocycles. The van der Waals surface area contributed by atoms with E-state index < -0.39 is 26.4 Å². The van der Waals surface area contributed by atoms with Crippen molar-refractivity contribution in [2.24, 2.45) is 7.05 Å². The molecule has 3 aromatic carbocycles. The number of anilines is 1. The molecule has 11 heteroatoms. The van der Waals surface area contributed by atoms with Crippen molar-refractivity contribution in [2.75, 3.05) is 4.72 Å². The van der Waals surface area contributed by atoms with Gasteiger partial charge in [-0.1, -0.05) is 71.7 Å². The number of rotatable bonds is 7. The predicted molar refractivity (Wildman–Crippen MR) is 139 cm³/mol. The van der Waals surface area contributed by atoms with Gasteiger partial charge in [-0.25, -0.2) is 17.9 Å². The number of carbonyl (C=O) groups is 1. The number of para-hydroxylation sites is 1. The van der Waals surface area contributed by atoms with Crippen molar-refractivity contribution < 1.29 is 17.9 Å². The van der Waals surface area contributed by atoms with Crippen molar-refractivity contribution in [3.8, 4) is 5.69 Å². The van der Waals surface area contributed by atoms with E-state index in [0.717, 1.165) is 11.6 Å². The van der Waals surface area contributed by atoms with Crippen LogP contribution in [0.15, 0.2) is 82.5 Å². The van der Waals surface area contributed by atoms with Crippen LogP contribution in [0.5, 0.6) is 0 Å². The van der Waals surface area contributed by atoms with Crippen molar-refractivity contribution in [1.29, 1.82) is 0 Å². The molecule has 0 aliphatic heterocycles. The third kappa shape index (κ3) is 5.04. The number of nitrogens with zero attached hydrogens (tertiary/aromatic N) is 2. The van der Waals surface area contributed by atoms with E-state index >= 15 is 0 Å². The van der Waals surface area contributed by atoms with Gasteiger partial charge >= 0.3 is 5.97 Å². The molecule has 0 saturated heterocycles. The summed E-state index contributed by atoms with van der Waals surface area (Å²) in [5.41, 5.74) is 0.841. The smallest absolute Gasteiger partial charge is 0.338 e. The summed E-state index contributed by atoms with van der Waals surface area (Å²) in [4.78, 5) is 25.3. The van der Waals surface area contributed by atoms with E-state index in [9.17, 15) is 18.0 Å². The summed E-state index contributed by atoms with van der Waals surface area (Å²) in [6.07, 6.45) is 0. The lowest BCUT2D eigenvalue weighted by Crippen LogP contribution is -2.23. The summed E-state index contributed by atoms with van der Waals surface area (Å²) in [6.45, 7) is 1.59. The van der Waals surface area contributed by atoms with Crippen LogP contribution in [0.2, 0.25) is 10.0 Å². The number of esters is 1. The van der Waals surface area contributed by atoms with Gasteiger partial charge in [0, 0.05) is 7.05 Å². The van der Waals surface area contributed by atoms with Gasteiger partial charge in [0.2, 0.25) is 0 Å². The molecule has 186 valence electrons. The minimum Gasteiger partial charge on any atom is -0.457 e. The molecule has 0 aliphatic rings. The average molecular weight is 546 g/mol. The Morgan fingerprint density at radius 2 is 1.61 bits per heavy atom. The van der Waals surface area contributed by atoms with Gasteiger partial charge in [0.15, 0.2) is 0 Å². The first-order valence-electron chi connectivity index (χ1n) is 10.7. The van der Waals surface area contributed by atoms with Crippen LogP contribution in [-0.2, 0) is 28.4 Å². The molecular formula is C25H21Cl2N3O5S. The first kappa shape index (κ1) is 25.6. The molecule has 0 atom stereocenters. The maximum Gasteiger partial charge on any atom is 0.338 e. The normalized spacial score (nSPS) is 11.3. The number of hydrogen-bond acceptors (Lipinski definition) is 5. The Labute approximate surface area is 217 Å². The van der Waals surface area contributed by atoms with Gasteiger partial charge < -0.3 is 4.74 Å². The highest BCUT2D eigenvalue weighted by Gasteiger charge is 2.27. The van der Waals surface area contributed by atoms with Gasteiger partial charge in [0.25, 0.3) is 15.6 Å². The first-order valence-corrected chi connectivity index (χ1v) is 12.9. The van der Waals surface area contributed by atoms with Crippen LogP contribution < -0.4 is 10.3 Å². The lowest BCUT2D eigenvalue weighted by atomic mass is 10.2. The molecule has 0 amide bonds. The third-order valence-corrected chi connectivity index (χ3v) is 7.81. The molecule has 8 nitrogen and oxygen atoms in total. The lowest BCUT2D eigenvalue weighted by molar-refractivity contribution is 0.0472. The largest absolute Gasteiger partial charge is 0.457 e. The van der Waals surface area contributed by atoms with Gasteiger partial charge in [-0.05, 0) is 36.8 Å². The molecule has 0 saturated carbocycles. The number of carbonyl (C=O) groups excluding carboxylic acids is 1. The molecule has 36 heavy (non-hydrogen) atoms. The van der Waals surface area contributed by atoms with E-state index in [4.69, 9.17) is 27.9 Å². The fraction of sp³-hybridized carbons (Fsp3) is 0.120. The van der Waals surface area contributed by atoms with Crippen LogP contribution >= 0.6 is 23.2 Å². The van der Waals surface area contributed by atoms with E-state index in [1.165, 1.54) is 15.4 Å². The van der Waals surface area contributed by atoms with E-state index in [1.54, 1.807) is 68.6 Å². The second-order valence-corrected chi connectivity index (χ2v) is 10.3. The van der Waals surface area contributed by atoms with Crippen LogP contribution in [0, 0.1) is 6.92 Å². The van der Waals surface area contributed by atoms with Crippen LogP contribution in [-0.4, -0.2) is 23.8 Å². The Balaban J connectivity index is 1.68.